The number of aryl methyl sites for hydroxylation is 1. The first-order valence-electron chi connectivity index (χ1n) is 6.28. The first kappa shape index (κ1) is 13.1. The quantitative estimate of drug-likeness (QED) is 0.905. The molecule has 0 atom stereocenters. The lowest BCUT2D eigenvalue weighted by Crippen LogP contribution is -2.10. The minimum absolute atomic E-state index is 0.300. The fraction of sp³-hybridized carbons (Fsp3) is 0.188. The Labute approximate surface area is 113 Å². The number of aromatic carboxylic acids is 1. The van der Waals surface area contributed by atoms with Crippen LogP contribution in [-0.2, 0) is 6.42 Å². The zero-order chi connectivity index (χ0) is 13.8. The van der Waals surface area contributed by atoms with Gasteiger partial charge in [0, 0.05) is 18.4 Å². The van der Waals surface area contributed by atoms with Crippen molar-refractivity contribution in [1.82, 2.24) is 0 Å². The minimum atomic E-state index is -0.906. The van der Waals surface area contributed by atoms with Gasteiger partial charge in [0.2, 0.25) is 0 Å². The Hall–Kier alpha value is -2.29. The summed E-state index contributed by atoms with van der Waals surface area (Å²) in [5, 5.41) is 9.01. The van der Waals surface area contributed by atoms with Gasteiger partial charge in [0.15, 0.2) is 0 Å². The van der Waals surface area contributed by atoms with Crippen LogP contribution in [0.15, 0.2) is 48.5 Å². The second-order valence-corrected chi connectivity index (χ2v) is 4.43. The lowest BCUT2D eigenvalue weighted by molar-refractivity contribution is 0.0697. The molecule has 0 saturated carbocycles. The van der Waals surface area contributed by atoms with E-state index in [0.717, 1.165) is 17.8 Å². The van der Waals surface area contributed by atoms with E-state index < -0.39 is 5.97 Å². The average Bonchev–Trinajstić information content (AvgIpc) is 2.46. The van der Waals surface area contributed by atoms with Crippen molar-refractivity contribution in [1.29, 1.82) is 0 Å². The van der Waals surface area contributed by atoms with E-state index in [2.05, 4.69) is 19.1 Å². The van der Waals surface area contributed by atoms with Crippen molar-refractivity contribution in [2.45, 2.75) is 13.3 Å². The zero-order valence-corrected chi connectivity index (χ0v) is 11.1. The Morgan fingerprint density at radius 3 is 2.37 bits per heavy atom. The van der Waals surface area contributed by atoms with E-state index in [-0.39, 0.29) is 0 Å². The highest BCUT2D eigenvalue weighted by atomic mass is 16.4. The van der Waals surface area contributed by atoms with Crippen LogP contribution < -0.4 is 4.90 Å². The van der Waals surface area contributed by atoms with Crippen LogP contribution in [0.25, 0.3) is 0 Å². The van der Waals surface area contributed by atoms with Crippen LogP contribution in [0.5, 0.6) is 0 Å². The number of nitrogens with zero attached hydrogens (tertiary/aromatic N) is 1. The van der Waals surface area contributed by atoms with Crippen molar-refractivity contribution < 1.29 is 9.90 Å². The molecule has 2 rings (SSSR count). The molecule has 0 radical (unpaired) electrons. The first-order chi connectivity index (χ1) is 9.11. The number of benzene rings is 2. The van der Waals surface area contributed by atoms with Crippen molar-refractivity contribution in [2.24, 2.45) is 0 Å². The van der Waals surface area contributed by atoms with Crippen LogP contribution in [0.4, 0.5) is 11.4 Å². The van der Waals surface area contributed by atoms with Gasteiger partial charge in [-0.25, -0.2) is 4.79 Å². The van der Waals surface area contributed by atoms with Gasteiger partial charge in [0.1, 0.15) is 0 Å². The van der Waals surface area contributed by atoms with E-state index in [4.69, 9.17) is 5.11 Å². The molecule has 0 bridgehead atoms. The van der Waals surface area contributed by atoms with Gasteiger partial charge in [-0.05, 0) is 42.3 Å². The Kier molecular flexibility index (Phi) is 3.85. The molecule has 0 heterocycles. The van der Waals surface area contributed by atoms with E-state index in [1.54, 1.807) is 18.2 Å². The molecule has 0 aliphatic rings. The molecular formula is C16H17NO2. The summed E-state index contributed by atoms with van der Waals surface area (Å²) < 4.78 is 0. The molecule has 0 aliphatic carbocycles. The molecule has 0 unspecified atom stereocenters. The summed E-state index contributed by atoms with van der Waals surface area (Å²) in [5.41, 5.74) is 3.50. The third-order valence-corrected chi connectivity index (χ3v) is 3.21. The van der Waals surface area contributed by atoms with Crippen molar-refractivity contribution >= 4 is 17.3 Å². The fourth-order valence-corrected chi connectivity index (χ4v) is 1.95. The number of carboxylic acids is 1. The Morgan fingerprint density at radius 1 is 1.11 bits per heavy atom. The van der Waals surface area contributed by atoms with Gasteiger partial charge >= 0.3 is 5.97 Å². The summed E-state index contributed by atoms with van der Waals surface area (Å²) in [4.78, 5) is 13.0. The summed E-state index contributed by atoms with van der Waals surface area (Å²) in [6.45, 7) is 2.12. The maximum absolute atomic E-state index is 11.0. The molecule has 0 aromatic heterocycles. The second kappa shape index (κ2) is 5.57. The summed E-state index contributed by atoms with van der Waals surface area (Å²) in [6, 6.07) is 15.2. The molecular weight excluding hydrogens is 238 g/mol. The molecule has 0 fully saturated rings. The van der Waals surface area contributed by atoms with E-state index >= 15 is 0 Å². The molecule has 19 heavy (non-hydrogen) atoms. The van der Waals surface area contributed by atoms with Gasteiger partial charge in [-0.2, -0.15) is 0 Å². The van der Waals surface area contributed by atoms with Crippen LogP contribution >= 0.6 is 0 Å². The van der Waals surface area contributed by atoms with Crippen molar-refractivity contribution in [2.75, 3.05) is 11.9 Å². The molecule has 2 aromatic carbocycles. The zero-order valence-electron chi connectivity index (χ0n) is 11.1. The molecule has 1 N–H and O–H groups in total. The van der Waals surface area contributed by atoms with E-state index in [1.807, 2.05) is 30.1 Å². The Morgan fingerprint density at radius 2 is 1.79 bits per heavy atom. The minimum Gasteiger partial charge on any atom is -0.478 e. The third-order valence-electron chi connectivity index (χ3n) is 3.21. The molecule has 0 amide bonds. The van der Waals surface area contributed by atoms with Crippen LogP contribution in [-0.4, -0.2) is 18.1 Å². The fourth-order valence-electron chi connectivity index (χ4n) is 1.95. The van der Waals surface area contributed by atoms with Crippen molar-refractivity contribution in [3.63, 3.8) is 0 Å². The molecule has 98 valence electrons. The van der Waals surface area contributed by atoms with Gasteiger partial charge in [0.25, 0.3) is 0 Å². The van der Waals surface area contributed by atoms with Crippen LogP contribution in [0.3, 0.4) is 0 Å². The number of hydrogen-bond acceptors (Lipinski definition) is 2. The molecule has 3 nitrogen and oxygen atoms in total. The number of anilines is 2. The topological polar surface area (TPSA) is 40.5 Å². The molecule has 0 aliphatic heterocycles. The van der Waals surface area contributed by atoms with Crippen molar-refractivity contribution in [3.05, 3.63) is 59.7 Å². The van der Waals surface area contributed by atoms with Gasteiger partial charge < -0.3 is 10.0 Å². The number of carbonyl (C=O) groups is 1. The van der Waals surface area contributed by atoms with Gasteiger partial charge in [-0.15, -0.1) is 0 Å². The molecule has 3 heteroatoms. The normalized spacial score (nSPS) is 10.2. The molecule has 0 saturated heterocycles. The van der Waals surface area contributed by atoms with Crippen molar-refractivity contribution in [3.8, 4) is 0 Å². The molecule has 2 aromatic rings. The highest BCUT2D eigenvalue weighted by molar-refractivity contribution is 5.89. The van der Waals surface area contributed by atoms with E-state index in [9.17, 15) is 4.79 Å². The predicted octanol–water partition coefficient (Wildman–Crippen LogP) is 3.72. The Bertz CT molecular complexity index is 576. The van der Waals surface area contributed by atoms with Gasteiger partial charge in [0.05, 0.1) is 5.56 Å². The summed E-state index contributed by atoms with van der Waals surface area (Å²) in [6.07, 6.45) is 1.01. The molecule has 0 spiro atoms. The second-order valence-electron chi connectivity index (χ2n) is 4.43. The summed E-state index contributed by atoms with van der Waals surface area (Å²) >= 11 is 0. The van der Waals surface area contributed by atoms with Gasteiger partial charge in [-0.1, -0.05) is 25.1 Å². The monoisotopic (exact) mass is 255 g/mol. The highest BCUT2D eigenvalue weighted by Gasteiger charge is 2.07. The van der Waals surface area contributed by atoms with E-state index in [1.165, 1.54) is 5.56 Å². The lowest BCUT2D eigenvalue weighted by Gasteiger charge is -2.20. The van der Waals surface area contributed by atoms with Crippen LogP contribution in [0, 0.1) is 0 Å². The van der Waals surface area contributed by atoms with E-state index in [0.29, 0.717) is 5.56 Å². The number of rotatable bonds is 4. The first-order valence-corrected chi connectivity index (χ1v) is 6.28. The SMILES string of the molecule is CCc1ccc(N(C)c2cccc(C(=O)O)c2)cc1. The summed E-state index contributed by atoms with van der Waals surface area (Å²) in [7, 11) is 1.93. The number of hydrogen-bond donors (Lipinski definition) is 1. The maximum Gasteiger partial charge on any atom is 0.335 e. The number of carboxylic acid groups (broad SMARTS) is 1. The van der Waals surface area contributed by atoms with Gasteiger partial charge in [-0.3, -0.25) is 0 Å². The third kappa shape index (κ3) is 2.94. The summed E-state index contributed by atoms with van der Waals surface area (Å²) in [5.74, 6) is -0.906. The largest absolute Gasteiger partial charge is 0.478 e. The van der Waals surface area contributed by atoms with Crippen LogP contribution in [0.2, 0.25) is 0 Å². The standard InChI is InChI=1S/C16H17NO2/c1-3-12-7-9-14(10-8-12)17(2)15-6-4-5-13(11-15)16(18)19/h4-11H,3H2,1-2H3,(H,18,19). The average molecular weight is 255 g/mol. The lowest BCUT2D eigenvalue weighted by atomic mass is 10.1. The van der Waals surface area contributed by atoms with Crippen LogP contribution in [0.1, 0.15) is 22.8 Å². The Balaban J connectivity index is 2.29. The smallest absolute Gasteiger partial charge is 0.335 e. The predicted molar refractivity (Wildman–Crippen MR) is 77.3 cm³/mol. The highest BCUT2D eigenvalue weighted by Crippen LogP contribution is 2.24. The maximum atomic E-state index is 11.0.